The fourth-order valence-corrected chi connectivity index (χ4v) is 11.2. The highest BCUT2D eigenvalue weighted by molar-refractivity contribution is 6.07. The first-order valence-corrected chi connectivity index (χ1v) is 31.6. The summed E-state index contributed by atoms with van der Waals surface area (Å²) in [6.07, 6.45) is 2.91. The van der Waals surface area contributed by atoms with E-state index in [0.717, 1.165) is 28.9 Å². The van der Waals surface area contributed by atoms with Gasteiger partial charge in [-0.15, -0.1) is 0 Å². The van der Waals surface area contributed by atoms with Gasteiger partial charge in [0.15, 0.2) is 0 Å². The molecule has 0 radical (unpaired) electrons. The first kappa shape index (κ1) is 80.4. The highest BCUT2D eigenvalue weighted by Gasteiger charge is 2.47. The first-order chi connectivity index (χ1) is 41.1. The van der Waals surface area contributed by atoms with Crippen molar-refractivity contribution in [3.05, 3.63) is 12.2 Å². The minimum Gasteiger partial charge on any atom is -0.467 e. The zero-order valence-corrected chi connectivity index (χ0v) is 58.3. The maximum absolute atomic E-state index is 15.3. The Balaban J connectivity index is 4.49. The summed E-state index contributed by atoms with van der Waals surface area (Å²) in [5.74, 6) is -12.8. The molecule has 13 atom stereocenters. The Morgan fingerprint density at radius 1 is 0.494 bits per heavy atom. The zero-order valence-electron chi connectivity index (χ0n) is 58.3. The van der Waals surface area contributed by atoms with Gasteiger partial charge in [0, 0.05) is 49.3 Å². The number of esters is 1. The molecule has 1 fully saturated rings. The molecule has 0 aromatic rings. The number of carbonyl (C=O) groups excluding carboxylic acids is 12. The molecule has 11 amide bonds. The van der Waals surface area contributed by atoms with Gasteiger partial charge >= 0.3 is 5.97 Å². The van der Waals surface area contributed by atoms with E-state index in [-0.39, 0.29) is 49.9 Å². The average Bonchev–Trinajstić information content (AvgIpc) is 1.25. The van der Waals surface area contributed by atoms with Gasteiger partial charge in [0.1, 0.15) is 60.4 Å². The Morgan fingerprint density at radius 3 is 1.43 bits per heavy atom. The molecule has 0 aliphatic carbocycles. The SMILES string of the molecule is C/C=C/C[C@@H](C)[C@@H](O)[C@H]1C(=O)N[C@H](CC)C(=O)N(C)C(C(=O)OC)C(=O)N(C)[C@@H](C(C)C)C(=O)N[C@H](C(C)C)C(=O)N(C)[C@H](CC(C)C)C(=O)N[C@H](C)C(=O)N[C@@H](C)C(=O)N(C)[C@H](CC(C)C)C(=O)N(C)[C@H](CCC(C)C)C(=O)N(C)[C@H](C(C)C)C(=O)N1C. The third-order valence-electron chi connectivity index (χ3n) is 16.9. The van der Waals surface area contributed by atoms with Crippen LogP contribution in [0.4, 0.5) is 0 Å². The predicted molar refractivity (Wildman–Crippen MR) is 339 cm³/mol. The number of aliphatic hydroxyl groups excluding tert-OH is 1. The Morgan fingerprint density at radius 2 is 0.955 bits per heavy atom. The minimum atomic E-state index is -2.04. The second-order valence-corrected chi connectivity index (χ2v) is 26.6. The van der Waals surface area contributed by atoms with E-state index in [0.29, 0.717) is 6.42 Å². The summed E-state index contributed by atoms with van der Waals surface area (Å²) < 4.78 is 5.07. The molecule has 0 aromatic carbocycles. The Bertz CT molecular complexity index is 2490. The van der Waals surface area contributed by atoms with Crippen molar-refractivity contribution in [2.45, 2.75) is 229 Å². The van der Waals surface area contributed by atoms with E-state index in [2.05, 4.69) is 21.3 Å². The van der Waals surface area contributed by atoms with Crippen molar-refractivity contribution in [1.29, 1.82) is 0 Å². The number of rotatable bonds is 16. The number of ether oxygens (including phenoxy) is 1. The van der Waals surface area contributed by atoms with E-state index in [9.17, 15) is 48.3 Å². The standard InChI is InChI=1S/C64H113N11O14/c1-26-28-29-40(15)52(76)50-56(80)67-43(27-2)58(82)75(24)51(64(88)89-25)63(87)72(21)48(38(11)12)55(79)68-47(37(9)10)61(85)70(19)45(32-35(5)6)54(78)65-41(16)53(77)66-42(17)57(81)71(20)46(33-36(7)8)60(84)69(18)44(31-30-34(3)4)59(83)73(22)49(39(13)14)62(86)74(50)23/h26,28,34-52,76H,27,29-33H2,1-25H3,(H,65,78)(H,66,77)(H,67,80)(H,68,79)/b28-26+/t40-,41-,42+,43-,44-,45-,46-,47-,48+,49-,50+,51?,52-/m1/s1. The van der Waals surface area contributed by atoms with Crippen LogP contribution in [0.5, 0.6) is 0 Å². The van der Waals surface area contributed by atoms with Gasteiger partial charge in [0.05, 0.1) is 13.2 Å². The van der Waals surface area contributed by atoms with Crippen molar-refractivity contribution in [2.24, 2.45) is 41.4 Å². The maximum atomic E-state index is 15.3. The number of amides is 11. The second-order valence-electron chi connectivity index (χ2n) is 26.6. The van der Waals surface area contributed by atoms with E-state index >= 15 is 14.4 Å². The lowest BCUT2D eigenvalue weighted by Crippen LogP contribution is -2.64. The van der Waals surface area contributed by atoms with Gasteiger partial charge in [-0.2, -0.15) is 0 Å². The normalized spacial score (nSPS) is 27.0. The van der Waals surface area contributed by atoms with Crippen LogP contribution in [-0.2, 0) is 62.3 Å². The fraction of sp³-hybridized carbons (Fsp3) is 0.781. The van der Waals surface area contributed by atoms with Crippen LogP contribution in [0.25, 0.3) is 0 Å². The molecule has 5 N–H and O–H groups in total. The van der Waals surface area contributed by atoms with Gasteiger partial charge in [0.2, 0.25) is 65.1 Å². The van der Waals surface area contributed by atoms with Gasteiger partial charge < -0.3 is 65.4 Å². The lowest BCUT2D eigenvalue weighted by atomic mass is 9.91. The molecule has 0 aromatic heterocycles. The van der Waals surface area contributed by atoms with E-state index in [1.807, 2.05) is 41.5 Å². The predicted octanol–water partition coefficient (Wildman–Crippen LogP) is 2.81. The molecule has 1 unspecified atom stereocenters. The van der Waals surface area contributed by atoms with Crippen LogP contribution >= 0.6 is 0 Å². The van der Waals surface area contributed by atoms with Crippen LogP contribution in [0.15, 0.2) is 12.2 Å². The van der Waals surface area contributed by atoms with Gasteiger partial charge in [-0.25, -0.2) is 4.79 Å². The summed E-state index contributed by atoms with van der Waals surface area (Å²) in [6, 6.07) is -15.3. The lowest BCUT2D eigenvalue weighted by molar-refractivity contribution is -0.162. The summed E-state index contributed by atoms with van der Waals surface area (Å²) in [6.45, 7) is 29.1. The van der Waals surface area contributed by atoms with Crippen molar-refractivity contribution >= 4 is 70.9 Å². The monoisotopic (exact) mass is 1260 g/mol. The Hall–Kier alpha value is -6.66. The van der Waals surface area contributed by atoms with Crippen molar-refractivity contribution in [2.75, 3.05) is 56.4 Å². The third-order valence-corrected chi connectivity index (χ3v) is 16.9. The quantitative estimate of drug-likeness (QED) is 0.0844. The molecule has 25 heteroatoms. The number of methoxy groups -OCH3 is 1. The number of allylic oxidation sites excluding steroid dienone is 2. The van der Waals surface area contributed by atoms with Crippen LogP contribution in [0.3, 0.4) is 0 Å². The van der Waals surface area contributed by atoms with E-state index in [1.54, 1.807) is 74.5 Å². The molecule has 0 bridgehead atoms. The minimum absolute atomic E-state index is 0.0505. The molecule has 89 heavy (non-hydrogen) atoms. The maximum Gasteiger partial charge on any atom is 0.338 e. The van der Waals surface area contributed by atoms with Crippen LogP contribution in [0.1, 0.15) is 156 Å². The fourth-order valence-electron chi connectivity index (χ4n) is 11.2. The van der Waals surface area contributed by atoms with E-state index in [1.165, 1.54) is 75.7 Å². The van der Waals surface area contributed by atoms with Gasteiger partial charge in [0.25, 0.3) is 5.91 Å². The number of nitrogens with one attached hydrogen (secondary N) is 4. The summed E-state index contributed by atoms with van der Waals surface area (Å²) in [7, 11) is 10.4. The highest BCUT2D eigenvalue weighted by atomic mass is 16.5. The summed E-state index contributed by atoms with van der Waals surface area (Å²) in [5, 5.41) is 23.0. The molecule has 25 nitrogen and oxygen atoms in total. The molecule has 1 aliphatic rings. The van der Waals surface area contributed by atoms with E-state index in [4.69, 9.17) is 4.74 Å². The van der Waals surface area contributed by atoms with Crippen molar-refractivity contribution in [3.8, 4) is 0 Å². The number of aliphatic hydroxyl groups is 1. The molecule has 1 aliphatic heterocycles. The molecule has 0 spiro atoms. The third kappa shape index (κ3) is 21.5. The smallest absolute Gasteiger partial charge is 0.338 e. The molecule has 508 valence electrons. The largest absolute Gasteiger partial charge is 0.467 e. The Kier molecular flexibility index (Phi) is 32.7. The van der Waals surface area contributed by atoms with Crippen LogP contribution in [-0.4, -0.2) is 239 Å². The van der Waals surface area contributed by atoms with Crippen molar-refractivity contribution in [3.63, 3.8) is 0 Å². The topological polar surface area (TPSA) is 305 Å². The lowest BCUT2D eigenvalue weighted by Gasteiger charge is -2.41. The summed E-state index contributed by atoms with van der Waals surface area (Å²) in [4.78, 5) is 183. The highest BCUT2D eigenvalue weighted by Crippen LogP contribution is 2.26. The van der Waals surface area contributed by atoms with Crippen LogP contribution in [0, 0.1) is 41.4 Å². The number of hydrogen-bond donors (Lipinski definition) is 5. The van der Waals surface area contributed by atoms with E-state index < -0.39 is 167 Å². The zero-order chi connectivity index (χ0) is 69.1. The molecular weight excluding hydrogens is 1150 g/mol. The van der Waals surface area contributed by atoms with Crippen molar-refractivity contribution in [1.82, 2.24) is 55.6 Å². The molecule has 1 heterocycles. The van der Waals surface area contributed by atoms with Crippen molar-refractivity contribution < 1.29 is 67.4 Å². The van der Waals surface area contributed by atoms with Gasteiger partial charge in [-0.1, -0.05) is 109 Å². The molecule has 1 rings (SSSR count). The number of likely N-dealkylation sites (N-methyl/N-ethyl adjacent to an activating group) is 7. The number of hydrogen-bond acceptors (Lipinski definition) is 14. The van der Waals surface area contributed by atoms with Gasteiger partial charge in [-0.3, -0.25) is 52.7 Å². The average molecular weight is 1260 g/mol. The van der Waals surface area contributed by atoms with Crippen LogP contribution in [0.2, 0.25) is 0 Å². The number of carbonyl (C=O) groups is 12. The molecular formula is C64H113N11O14. The van der Waals surface area contributed by atoms with Crippen LogP contribution < -0.4 is 21.3 Å². The second kappa shape index (κ2) is 36.3. The molecule has 0 saturated carbocycles. The summed E-state index contributed by atoms with van der Waals surface area (Å²) in [5.41, 5.74) is 0. The summed E-state index contributed by atoms with van der Waals surface area (Å²) >= 11 is 0. The Labute approximate surface area is 530 Å². The van der Waals surface area contributed by atoms with Gasteiger partial charge in [-0.05, 0) is 101 Å². The first-order valence-electron chi connectivity index (χ1n) is 31.6. The molecule has 1 saturated heterocycles. The number of nitrogens with zero attached hydrogens (tertiary/aromatic N) is 7.